The maximum atomic E-state index is 12.7. The summed E-state index contributed by atoms with van der Waals surface area (Å²) in [6.45, 7) is 0.943. The molecule has 2 aromatic rings. The van der Waals surface area contributed by atoms with E-state index in [0.29, 0.717) is 18.8 Å². The molecule has 1 saturated heterocycles. The van der Waals surface area contributed by atoms with Crippen LogP contribution in [0.5, 0.6) is 0 Å². The maximum absolute atomic E-state index is 12.7. The number of hydrogen-bond acceptors (Lipinski definition) is 4. The molecule has 2 amide bonds. The van der Waals surface area contributed by atoms with E-state index in [1.807, 2.05) is 30.3 Å². The smallest absolute Gasteiger partial charge is 0.276 e. The van der Waals surface area contributed by atoms with Crippen molar-refractivity contribution in [2.75, 3.05) is 13.1 Å². The van der Waals surface area contributed by atoms with Gasteiger partial charge >= 0.3 is 0 Å². The van der Waals surface area contributed by atoms with Crippen LogP contribution in [-0.2, 0) is 4.79 Å². The summed E-state index contributed by atoms with van der Waals surface area (Å²) in [4.78, 5) is 29.7. The lowest BCUT2D eigenvalue weighted by Crippen LogP contribution is -2.44. The first-order valence-electron chi connectivity index (χ1n) is 7.24. The summed E-state index contributed by atoms with van der Waals surface area (Å²) in [7, 11) is 0. The highest BCUT2D eigenvalue weighted by atomic mass is 16.3. The molecular weight excluding hydrogens is 282 g/mol. The molecule has 22 heavy (non-hydrogen) atoms. The lowest BCUT2D eigenvalue weighted by atomic mass is 9.97. The summed E-state index contributed by atoms with van der Waals surface area (Å²) in [5, 5.41) is 0. The summed E-state index contributed by atoms with van der Waals surface area (Å²) in [6, 6.07) is 9.36. The van der Waals surface area contributed by atoms with Crippen LogP contribution in [0.4, 0.5) is 0 Å². The second-order valence-electron chi connectivity index (χ2n) is 5.39. The average Bonchev–Trinajstić information content (AvgIpc) is 3.04. The quantitative estimate of drug-likeness (QED) is 0.933. The monoisotopic (exact) mass is 299 g/mol. The molecule has 0 aliphatic carbocycles. The summed E-state index contributed by atoms with van der Waals surface area (Å²) in [5.74, 6) is -0.420. The molecule has 1 aliphatic rings. The molecule has 114 valence electrons. The Bertz CT molecular complexity index is 681. The number of nitrogens with two attached hydrogens (primary N) is 1. The van der Waals surface area contributed by atoms with Crippen molar-refractivity contribution in [1.82, 2.24) is 9.88 Å². The van der Waals surface area contributed by atoms with Crippen molar-refractivity contribution in [3.63, 3.8) is 0 Å². The van der Waals surface area contributed by atoms with Crippen LogP contribution in [-0.4, -0.2) is 34.8 Å². The third-order valence-corrected chi connectivity index (χ3v) is 3.92. The van der Waals surface area contributed by atoms with Crippen molar-refractivity contribution in [2.24, 2.45) is 11.7 Å². The largest absolute Gasteiger partial charge is 0.443 e. The first kappa shape index (κ1) is 14.3. The van der Waals surface area contributed by atoms with Gasteiger partial charge in [-0.05, 0) is 12.8 Å². The molecule has 0 bridgehead atoms. The standard InChI is InChI=1S/C16H17N3O3/c17-15(20)12-7-4-8-19(9-12)16(21)13-14(22-10-18-13)11-5-2-1-3-6-11/h1-3,5-6,10,12H,4,7-9H2,(H2,17,20). The van der Waals surface area contributed by atoms with Gasteiger partial charge in [0, 0.05) is 18.7 Å². The van der Waals surface area contributed by atoms with E-state index >= 15 is 0 Å². The molecule has 1 unspecified atom stereocenters. The van der Waals surface area contributed by atoms with Crippen molar-refractivity contribution in [3.8, 4) is 11.3 Å². The van der Waals surface area contributed by atoms with Crippen LogP contribution in [0.15, 0.2) is 41.1 Å². The Morgan fingerprint density at radius 3 is 2.77 bits per heavy atom. The van der Waals surface area contributed by atoms with Gasteiger partial charge in [0.25, 0.3) is 5.91 Å². The fraction of sp³-hybridized carbons (Fsp3) is 0.312. The Morgan fingerprint density at radius 2 is 2.05 bits per heavy atom. The van der Waals surface area contributed by atoms with Gasteiger partial charge in [-0.25, -0.2) is 4.98 Å². The first-order valence-corrected chi connectivity index (χ1v) is 7.24. The van der Waals surface area contributed by atoms with Gasteiger partial charge in [0.2, 0.25) is 5.91 Å². The normalized spacial score (nSPS) is 18.2. The molecule has 3 rings (SSSR count). The summed E-state index contributed by atoms with van der Waals surface area (Å²) >= 11 is 0. The van der Waals surface area contributed by atoms with Crippen LogP contribution in [0.3, 0.4) is 0 Å². The number of oxazole rings is 1. The van der Waals surface area contributed by atoms with E-state index < -0.39 is 0 Å². The van der Waals surface area contributed by atoms with E-state index in [2.05, 4.69) is 4.98 Å². The Balaban J connectivity index is 1.84. The predicted octanol–water partition coefficient (Wildman–Crippen LogP) is 1.68. The van der Waals surface area contributed by atoms with Crippen LogP contribution in [0, 0.1) is 5.92 Å². The van der Waals surface area contributed by atoms with E-state index in [4.69, 9.17) is 10.2 Å². The predicted molar refractivity (Wildman–Crippen MR) is 79.8 cm³/mol. The molecule has 6 nitrogen and oxygen atoms in total. The molecule has 1 atom stereocenters. The molecule has 0 radical (unpaired) electrons. The molecule has 0 spiro atoms. The van der Waals surface area contributed by atoms with Gasteiger partial charge in [0.05, 0.1) is 5.92 Å². The number of carbonyl (C=O) groups is 2. The SMILES string of the molecule is NC(=O)C1CCCN(C(=O)c2ncoc2-c2ccccc2)C1. The Morgan fingerprint density at radius 1 is 1.27 bits per heavy atom. The fourth-order valence-electron chi connectivity index (χ4n) is 2.74. The zero-order chi connectivity index (χ0) is 15.5. The van der Waals surface area contributed by atoms with Crippen molar-refractivity contribution in [3.05, 3.63) is 42.4 Å². The number of likely N-dealkylation sites (tertiary alicyclic amines) is 1. The minimum Gasteiger partial charge on any atom is -0.443 e. The van der Waals surface area contributed by atoms with Gasteiger partial charge < -0.3 is 15.1 Å². The number of rotatable bonds is 3. The number of hydrogen-bond donors (Lipinski definition) is 1. The zero-order valence-electron chi connectivity index (χ0n) is 12.1. The lowest BCUT2D eigenvalue weighted by Gasteiger charge is -2.30. The van der Waals surface area contributed by atoms with Gasteiger partial charge in [-0.2, -0.15) is 0 Å². The number of nitrogens with zero attached hydrogens (tertiary/aromatic N) is 2. The molecule has 0 saturated carbocycles. The highest BCUT2D eigenvalue weighted by molar-refractivity contribution is 5.98. The number of benzene rings is 1. The van der Waals surface area contributed by atoms with Gasteiger partial charge in [-0.1, -0.05) is 30.3 Å². The minimum atomic E-state index is -0.360. The fourth-order valence-corrected chi connectivity index (χ4v) is 2.74. The Hall–Kier alpha value is -2.63. The molecule has 1 fully saturated rings. The van der Waals surface area contributed by atoms with Gasteiger partial charge in [0.15, 0.2) is 17.8 Å². The molecule has 2 heterocycles. The van der Waals surface area contributed by atoms with E-state index in [1.54, 1.807) is 4.90 Å². The van der Waals surface area contributed by atoms with Crippen LogP contribution in [0.25, 0.3) is 11.3 Å². The van der Waals surface area contributed by atoms with Crippen molar-refractivity contribution in [1.29, 1.82) is 0 Å². The molecule has 1 aromatic heterocycles. The summed E-state index contributed by atoms with van der Waals surface area (Å²) in [5.41, 5.74) is 6.43. The molecule has 1 aliphatic heterocycles. The third kappa shape index (κ3) is 2.72. The van der Waals surface area contributed by atoms with E-state index in [1.165, 1.54) is 6.39 Å². The number of aromatic nitrogens is 1. The van der Waals surface area contributed by atoms with Crippen molar-refractivity contribution in [2.45, 2.75) is 12.8 Å². The van der Waals surface area contributed by atoms with Crippen LogP contribution >= 0.6 is 0 Å². The second kappa shape index (κ2) is 6.01. The number of carbonyl (C=O) groups excluding carboxylic acids is 2. The lowest BCUT2D eigenvalue weighted by molar-refractivity contribution is -0.123. The molecule has 1 aromatic carbocycles. The van der Waals surface area contributed by atoms with Crippen molar-refractivity contribution >= 4 is 11.8 Å². The maximum Gasteiger partial charge on any atom is 0.276 e. The van der Waals surface area contributed by atoms with Gasteiger partial charge in [-0.15, -0.1) is 0 Å². The molecule has 2 N–H and O–H groups in total. The minimum absolute atomic E-state index is 0.224. The highest BCUT2D eigenvalue weighted by Crippen LogP contribution is 2.25. The first-order chi connectivity index (χ1) is 10.7. The van der Waals surface area contributed by atoms with E-state index in [-0.39, 0.29) is 23.4 Å². The Kier molecular flexibility index (Phi) is 3.91. The molecule has 6 heteroatoms. The van der Waals surface area contributed by atoms with E-state index in [9.17, 15) is 9.59 Å². The van der Waals surface area contributed by atoms with Crippen LogP contribution < -0.4 is 5.73 Å². The van der Waals surface area contributed by atoms with Gasteiger partial charge in [-0.3, -0.25) is 9.59 Å². The molecular formula is C16H17N3O3. The van der Waals surface area contributed by atoms with Crippen LogP contribution in [0.2, 0.25) is 0 Å². The zero-order valence-corrected chi connectivity index (χ0v) is 12.1. The van der Waals surface area contributed by atoms with Gasteiger partial charge in [0.1, 0.15) is 0 Å². The van der Waals surface area contributed by atoms with E-state index in [0.717, 1.165) is 18.4 Å². The highest BCUT2D eigenvalue weighted by Gasteiger charge is 2.30. The number of primary amides is 1. The Labute approximate surface area is 127 Å². The summed E-state index contributed by atoms with van der Waals surface area (Å²) in [6.07, 6.45) is 2.76. The third-order valence-electron chi connectivity index (χ3n) is 3.92. The van der Waals surface area contributed by atoms with Crippen molar-refractivity contribution < 1.29 is 14.0 Å². The summed E-state index contributed by atoms with van der Waals surface area (Å²) < 4.78 is 5.39. The van der Waals surface area contributed by atoms with Crippen LogP contribution in [0.1, 0.15) is 23.3 Å². The second-order valence-corrected chi connectivity index (χ2v) is 5.39. The topological polar surface area (TPSA) is 89.4 Å². The number of amides is 2. The average molecular weight is 299 g/mol. The number of piperidine rings is 1.